The van der Waals surface area contributed by atoms with Gasteiger partial charge >= 0.3 is 5.97 Å². The average Bonchev–Trinajstić information content (AvgIpc) is 2.45. The first kappa shape index (κ1) is 17.9. The molecule has 0 amide bonds. The van der Waals surface area contributed by atoms with Crippen LogP contribution in [0.15, 0.2) is 11.0 Å². The van der Waals surface area contributed by atoms with Crippen LogP contribution in [0.25, 0.3) is 0 Å². The Morgan fingerprint density at radius 1 is 1.17 bits per heavy atom. The molecule has 6 nitrogen and oxygen atoms in total. The molecule has 1 aliphatic heterocycles. The highest BCUT2D eigenvalue weighted by molar-refractivity contribution is 7.89. The summed E-state index contributed by atoms with van der Waals surface area (Å²) in [6.07, 6.45) is -0.889. The van der Waals surface area contributed by atoms with Gasteiger partial charge in [0.05, 0.1) is 16.9 Å². The molecule has 0 radical (unpaired) electrons. The lowest BCUT2D eigenvalue weighted by Crippen LogP contribution is -2.48. The third-order valence-electron chi connectivity index (χ3n) is 4.75. The Balaban J connectivity index is 2.50. The number of aryl methyl sites for hydroxylation is 2. The summed E-state index contributed by atoms with van der Waals surface area (Å²) >= 11 is 0. The van der Waals surface area contributed by atoms with E-state index >= 15 is 0 Å². The summed E-state index contributed by atoms with van der Waals surface area (Å²) < 4.78 is 27.3. The second-order valence-corrected chi connectivity index (χ2v) is 8.13. The highest BCUT2D eigenvalue weighted by Gasteiger charge is 2.39. The van der Waals surface area contributed by atoms with Crippen molar-refractivity contribution < 1.29 is 23.4 Å². The van der Waals surface area contributed by atoms with Crippen LogP contribution < -0.4 is 0 Å². The van der Waals surface area contributed by atoms with Gasteiger partial charge in [-0.2, -0.15) is 4.31 Å². The van der Waals surface area contributed by atoms with Gasteiger partial charge in [0.1, 0.15) is 0 Å². The van der Waals surface area contributed by atoms with Crippen molar-refractivity contribution in [2.75, 3.05) is 13.1 Å². The van der Waals surface area contributed by atoms with Crippen LogP contribution in [0.1, 0.15) is 28.7 Å². The molecular formula is C16H23NO5S. The topological polar surface area (TPSA) is 94.9 Å². The van der Waals surface area contributed by atoms with Gasteiger partial charge in [0.15, 0.2) is 0 Å². The second kappa shape index (κ2) is 6.22. The first-order valence-electron chi connectivity index (χ1n) is 7.55. The predicted octanol–water partition coefficient (Wildman–Crippen LogP) is 1.38. The van der Waals surface area contributed by atoms with Gasteiger partial charge in [-0.05, 0) is 56.4 Å². The Hall–Kier alpha value is -1.44. The monoisotopic (exact) mass is 341 g/mol. The molecule has 7 heteroatoms. The number of aliphatic carboxylic acids is 1. The standard InChI is InChI=1S/C16H23NO5S/c1-9-7-10(2)12(4)15(11(9)3)23(21,22)17-6-5-14(18)13(8-17)16(19)20/h7,13-14,18H,5-6,8H2,1-4H3,(H,19,20)/t13-,14-/m0/s1. The Morgan fingerprint density at radius 3 is 2.17 bits per heavy atom. The largest absolute Gasteiger partial charge is 0.481 e. The van der Waals surface area contributed by atoms with Gasteiger partial charge in [-0.15, -0.1) is 0 Å². The van der Waals surface area contributed by atoms with Crippen molar-refractivity contribution in [3.05, 3.63) is 28.3 Å². The van der Waals surface area contributed by atoms with Crippen LogP contribution >= 0.6 is 0 Å². The van der Waals surface area contributed by atoms with E-state index in [4.69, 9.17) is 0 Å². The van der Waals surface area contributed by atoms with Crippen molar-refractivity contribution >= 4 is 16.0 Å². The van der Waals surface area contributed by atoms with E-state index < -0.39 is 28.0 Å². The van der Waals surface area contributed by atoms with Gasteiger partial charge in [-0.3, -0.25) is 4.79 Å². The molecule has 1 fully saturated rings. The number of aliphatic hydroxyl groups excluding tert-OH is 1. The number of rotatable bonds is 3. The number of aliphatic hydroxyl groups is 1. The van der Waals surface area contributed by atoms with Crippen molar-refractivity contribution in [2.24, 2.45) is 5.92 Å². The minimum absolute atomic E-state index is 0.124. The Bertz CT molecular complexity index is 715. The molecule has 1 aromatic rings. The number of carboxylic acid groups (broad SMARTS) is 1. The molecule has 23 heavy (non-hydrogen) atoms. The van der Waals surface area contributed by atoms with Crippen LogP contribution in [0.5, 0.6) is 0 Å². The highest BCUT2D eigenvalue weighted by atomic mass is 32.2. The fourth-order valence-corrected chi connectivity index (χ4v) is 5.12. The molecule has 1 heterocycles. The minimum Gasteiger partial charge on any atom is -0.481 e. The van der Waals surface area contributed by atoms with Gasteiger partial charge in [0.2, 0.25) is 10.0 Å². The van der Waals surface area contributed by atoms with Gasteiger partial charge in [0.25, 0.3) is 0 Å². The van der Waals surface area contributed by atoms with Gasteiger partial charge in [-0.1, -0.05) is 6.07 Å². The summed E-state index contributed by atoms with van der Waals surface area (Å²) in [5.41, 5.74) is 3.15. The zero-order valence-corrected chi connectivity index (χ0v) is 14.6. The summed E-state index contributed by atoms with van der Waals surface area (Å²) in [7, 11) is -3.80. The Kier molecular flexibility index (Phi) is 4.84. The van der Waals surface area contributed by atoms with Crippen LogP contribution in [0.2, 0.25) is 0 Å². The van der Waals surface area contributed by atoms with Crippen LogP contribution in [0.3, 0.4) is 0 Å². The number of sulfonamides is 1. The molecule has 0 aromatic heterocycles. The summed E-state index contributed by atoms with van der Waals surface area (Å²) in [5, 5.41) is 19.0. The molecule has 0 unspecified atom stereocenters. The van der Waals surface area contributed by atoms with Crippen molar-refractivity contribution in [3.63, 3.8) is 0 Å². The first-order valence-corrected chi connectivity index (χ1v) is 8.99. The summed E-state index contributed by atoms with van der Waals surface area (Å²) in [4.78, 5) is 11.5. The van der Waals surface area contributed by atoms with E-state index in [1.54, 1.807) is 13.8 Å². The fraction of sp³-hybridized carbons (Fsp3) is 0.562. The smallest absolute Gasteiger partial charge is 0.310 e. The molecule has 128 valence electrons. The van der Waals surface area contributed by atoms with Crippen LogP contribution in [0, 0.1) is 33.6 Å². The molecule has 0 saturated carbocycles. The van der Waals surface area contributed by atoms with Crippen molar-refractivity contribution in [2.45, 2.75) is 45.1 Å². The zero-order chi connectivity index (χ0) is 17.5. The number of benzene rings is 1. The fourth-order valence-electron chi connectivity index (χ4n) is 3.07. The SMILES string of the molecule is Cc1cc(C)c(C)c(S(=O)(=O)N2CC[C@H](O)[C@@H](C(=O)O)C2)c1C. The molecular weight excluding hydrogens is 318 g/mol. The van der Waals surface area contributed by atoms with Gasteiger partial charge in [-0.25, -0.2) is 8.42 Å². The molecule has 1 aliphatic rings. The van der Waals surface area contributed by atoms with Crippen LogP contribution in [-0.4, -0.2) is 48.1 Å². The molecule has 1 saturated heterocycles. The predicted molar refractivity (Wildman–Crippen MR) is 85.9 cm³/mol. The number of nitrogens with zero attached hydrogens (tertiary/aromatic N) is 1. The maximum Gasteiger partial charge on any atom is 0.310 e. The zero-order valence-electron chi connectivity index (χ0n) is 13.8. The highest BCUT2D eigenvalue weighted by Crippen LogP contribution is 2.31. The molecule has 2 rings (SSSR count). The van der Waals surface area contributed by atoms with E-state index in [-0.39, 0.29) is 24.4 Å². The van der Waals surface area contributed by atoms with Crippen molar-refractivity contribution in [1.29, 1.82) is 0 Å². The first-order chi connectivity index (χ1) is 10.6. The normalized spacial score (nSPS) is 23.0. The number of piperidine rings is 1. The lowest BCUT2D eigenvalue weighted by Gasteiger charge is -2.34. The maximum absolute atomic E-state index is 13.1. The number of carboxylic acids is 1. The third kappa shape index (κ3) is 3.13. The quantitative estimate of drug-likeness (QED) is 0.866. The average molecular weight is 341 g/mol. The van der Waals surface area contributed by atoms with Crippen LogP contribution in [0.4, 0.5) is 0 Å². The summed E-state index contributed by atoms with van der Waals surface area (Å²) in [6, 6.07) is 1.95. The maximum atomic E-state index is 13.1. The molecule has 0 bridgehead atoms. The number of hydrogen-bond donors (Lipinski definition) is 2. The molecule has 2 N–H and O–H groups in total. The Labute approximate surface area is 136 Å². The number of carbonyl (C=O) groups is 1. The van der Waals surface area contributed by atoms with Crippen molar-refractivity contribution in [1.82, 2.24) is 4.31 Å². The van der Waals surface area contributed by atoms with Crippen LogP contribution in [-0.2, 0) is 14.8 Å². The minimum atomic E-state index is -3.80. The summed E-state index contributed by atoms with van der Waals surface area (Å²) in [5.74, 6) is -2.27. The molecule has 0 aliphatic carbocycles. The van der Waals surface area contributed by atoms with E-state index in [9.17, 15) is 23.4 Å². The number of hydrogen-bond acceptors (Lipinski definition) is 4. The van der Waals surface area contributed by atoms with E-state index in [0.717, 1.165) is 11.1 Å². The van der Waals surface area contributed by atoms with E-state index in [0.29, 0.717) is 11.1 Å². The Morgan fingerprint density at radius 2 is 1.70 bits per heavy atom. The van der Waals surface area contributed by atoms with E-state index in [1.807, 2.05) is 19.9 Å². The van der Waals surface area contributed by atoms with Gasteiger partial charge < -0.3 is 10.2 Å². The lowest BCUT2D eigenvalue weighted by molar-refractivity contribution is -0.147. The lowest BCUT2D eigenvalue weighted by atomic mass is 9.96. The van der Waals surface area contributed by atoms with E-state index in [2.05, 4.69) is 0 Å². The molecule has 0 spiro atoms. The molecule has 2 atom stereocenters. The second-order valence-electron chi connectivity index (χ2n) is 6.25. The summed E-state index contributed by atoms with van der Waals surface area (Å²) in [6.45, 7) is 7.18. The van der Waals surface area contributed by atoms with Crippen molar-refractivity contribution in [3.8, 4) is 0 Å². The van der Waals surface area contributed by atoms with Gasteiger partial charge in [0, 0.05) is 13.1 Å². The molecule has 1 aromatic carbocycles. The third-order valence-corrected chi connectivity index (χ3v) is 6.89. The van der Waals surface area contributed by atoms with E-state index in [1.165, 1.54) is 4.31 Å².